The highest BCUT2D eigenvalue weighted by Crippen LogP contribution is 2.10. The van der Waals surface area contributed by atoms with Gasteiger partial charge in [0.15, 0.2) is 0 Å². The van der Waals surface area contributed by atoms with Crippen molar-refractivity contribution < 1.29 is 9.00 Å². The summed E-state index contributed by atoms with van der Waals surface area (Å²) in [4.78, 5) is 15.7. The molecule has 0 aliphatic heterocycles. The zero-order chi connectivity index (χ0) is 12.8. The van der Waals surface area contributed by atoms with Crippen LogP contribution in [0, 0.1) is 6.92 Å². The highest BCUT2D eigenvalue weighted by atomic mass is 35.5. The molecular weight excluding hydrogens is 260 g/mol. The number of halogens is 1. The summed E-state index contributed by atoms with van der Waals surface area (Å²) in [6, 6.07) is 3.21. The van der Waals surface area contributed by atoms with Crippen LogP contribution in [0.4, 0.5) is 0 Å². The average Bonchev–Trinajstić information content (AvgIpc) is 2.22. The smallest absolute Gasteiger partial charge is 0.251 e. The quantitative estimate of drug-likeness (QED) is 0.655. The first-order chi connectivity index (χ1) is 7.99. The van der Waals surface area contributed by atoms with E-state index in [1.807, 2.05) is 0 Å². The third kappa shape index (κ3) is 5.28. The van der Waals surface area contributed by atoms with E-state index in [1.165, 1.54) is 6.07 Å². The van der Waals surface area contributed by atoms with E-state index in [9.17, 15) is 9.00 Å². The monoisotopic (exact) mass is 274 g/mol. The fourth-order valence-electron chi connectivity index (χ4n) is 1.34. The molecule has 17 heavy (non-hydrogen) atoms. The van der Waals surface area contributed by atoms with Crippen molar-refractivity contribution in [3.05, 3.63) is 28.5 Å². The van der Waals surface area contributed by atoms with Crippen LogP contribution in [-0.2, 0) is 10.8 Å². The van der Waals surface area contributed by atoms with Gasteiger partial charge in [-0.25, -0.2) is 4.98 Å². The van der Waals surface area contributed by atoms with Crippen molar-refractivity contribution in [1.29, 1.82) is 0 Å². The maximum atomic E-state index is 11.7. The number of carbonyl (C=O) groups is 1. The molecule has 6 heteroatoms. The van der Waals surface area contributed by atoms with E-state index in [4.69, 9.17) is 11.6 Å². The second-order valence-corrected chi connectivity index (χ2v) is 5.65. The molecule has 1 N–H and O–H groups in total. The second-order valence-electron chi connectivity index (χ2n) is 3.71. The summed E-state index contributed by atoms with van der Waals surface area (Å²) in [5.74, 6) is 0.412. The van der Waals surface area contributed by atoms with Gasteiger partial charge in [0.2, 0.25) is 0 Å². The molecule has 4 nitrogen and oxygen atoms in total. The van der Waals surface area contributed by atoms with E-state index in [2.05, 4.69) is 10.3 Å². The maximum Gasteiger partial charge on any atom is 0.251 e. The van der Waals surface area contributed by atoms with Crippen LogP contribution in [0.3, 0.4) is 0 Å². The molecule has 0 bridgehead atoms. The first-order valence-corrected chi connectivity index (χ1v) is 7.32. The maximum absolute atomic E-state index is 11.7. The lowest BCUT2D eigenvalue weighted by Crippen LogP contribution is -2.25. The first-order valence-electron chi connectivity index (χ1n) is 5.21. The number of hydrogen-bond acceptors (Lipinski definition) is 3. The molecule has 0 spiro atoms. The minimum Gasteiger partial charge on any atom is -0.352 e. The summed E-state index contributed by atoms with van der Waals surface area (Å²) >= 11 is 5.77. The largest absolute Gasteiger partial charge is 0.352 e. The van der Waals surface area contributed by atoms with Crippen molar-refractivity contribution in [3.63, 3.8) is 0 Å². The van der Waals surface area contributed by atoms with Gasteiger partial charge in [-0.3, -0.25) is 9.00 Å². The van der Waals surface area contributed by atoms with E-state index in [-0.39, 0.29) is 5.91 Å². The molecule has 1 rings (SSSR count). The Hall–Kier alpha value is -0.940. The Kier molecular flexibility index (Phi) is 5.58. The molecule has 1 unspecified atom stereocenters. The molecule has 0 radical (unpaired) electrons. The van der Waals surface area contributed by atoms with E-state index in [0.29, 0.717) is 35.1 Å². The fourth-order valence-corrected chi connectivity index (χ4v) is 2.14. The molecule has 94 valence electrons. The number of nitrogens with zero attached hydrogens (tertiary/aromatic N) is 1. The summed E-state index contributed by atoms with van der Waals surface area (Å²) in [5.41, 5.74) is 1.21. The minimum atomic E-state index is -0.815. The molecule has 0 aliphatic rings. The van der Waals surface area contributed by atoms with Gasteiger partial charge in [-0.2, -0.15) is 0 Å². The van der Waals surface area contributed by atoms with Crippen LogP contribution in [0.15, 0.2) is 12.1 Å². The number of nitrogens with one attached hydrogen (secondary N) is 1. The normalized spacial score (nSPS) is 12.2. The fraction of sp³-hybridized carbons (Fsp3) is 0.455. The predicted octanol–water partition coefficient (Wildman–Crippen LogP) is 1.54. The van der Waals surface area contributed by atoms with Crippen LogP contribution in [0.5, 0.6) is 0 Å². The summed E-state index contributed by atoms with van der Waals surface area (Å²) in [6.45, 7) is 2.29. The Balaban J connectivity index is 2.49. The highest BCUT2D eigenvalue weighted by molar-refractivity contribution is 7.84. The molecule has 0 fully saturated rings. The zero-order valence-electron chi connectivity index (χ0n) is 9.83. The number of amides is 1. The highest BCUT2D eigenvalue weighted by Gasteiger charge is 2.07. The third-order valence-electron chi connectivity index (χ3n) is 2.08. The van der Waals surface area contributed by atoms with Gasteiger partial charge >= 0.3 is 0 Å². The third-order valence-corrected chi connectivity index (χ3v) is 3.14. The van der Waals surface area contributed by atoms with Gasteiger partial charge in [0.1, 0.15) is 5.15 Å². The summed E-state index contributed by atoms with van der Waals surface area (Å²) < 4.78 is 10.8. The SMILES string of the molecule is Cc1cc(C(=O)NCCCS(C)=O)cc(Cl)n1. The zero-order valence-corrected chi connectivity index (χ0v) is 11.4. The lowest BCUT2D eigenvalue weighted by molar-refractivity contribution is 0.0953. The van der Waals surface area contributed by atoms with Gasteiger partial charge in [-0.15, -0.1) is 0 Å². The molecule has 0 aromatic carbocycles. The van der Waals surface area contributed by atoms with Crippen LogP contribution in [0.25, 0.3) is 0 Å². The van der Waals surface area contributed by atoms with Crippen LogP contribution in [-0.4, -0.2) is 33.7 Å². The summed E-state index contributed by atoms with van der Waals surface area (Å²) in [6.07, 6.45) is 2.35. The van der Waals surface area contributed by atoms with Crippen molar-refractivity contribution in [1.82, 2.24) is 10.3 Å². The van der Waals surface area contributed by atoms with Crippen LogP contribution < -0.4 is 5.32 Å². The number of hydrogen-bond donors (Lipinski definition) is 1. The second kappa shape index (κ2) is 6.71. The van der Waals surface area contributed by atoms with Crippen molar-refractivity contribution >= 4 is 28.3 Å². The molecule has 1 aromatic rings. The molecule has 0 saturated heterocycles. The molecule has 1 amide bonds. The van der Waals surface area contributed by atoms with Crippen LogP contribution in [0.1, 0.15) is 22.5 Å². The Bertz CT molecular complexity index is 417. The van der Waals surface area contributed by atoms with Crippen molar-refractivity contribution in [2.24, 2.45) is 0 Å². The summed E-state index contributed by atoms with van der Waals surface area (Å²) in [5, 5.41) is 3.06. The van der Waals surface area contributed by atoms with E-state index in [0.717, 1.165) is 0 Å². The molecule has 0 aliphatic carbocycles. The Labute approximate surface area is 108 Å². The minimum absolute atomic E-state index is 0.181. The Morgan fingerprint density at radius 1 is 1.53 bits per heavy atom. The lowest BCUT2D eigenvalue weighted by Gasteiger charge is -2.05. The van der Waals surface area contributed by atoms with E-state index in [1.54, 1.807) is 19.2 Å². The molecule has 1 aromatic heterocycles. The molecule has 0 saturated carbocycles. The topological polar surface area (TPSA) is 59.1 Å². The molecule has 1 atom stereocenters. The first kappa shape index (κ1) is 14.1. The van der Waals surface area contributed by atoms with Gasteiger partial charge in [0.05, 0.1) is 0 Å². The molecule has 1 heterocycles. The van der Waals surface area contributed by atoms with Gasteiger partial charge in [-0.1, -0.05) is 11.6 Å². The number of rotatable bonds is 5. The standard InChI is InChI=1S/C11H15ClN2O2S/c1-8-6-9(7-10(12)14-8)11(15)13-4-3-5-17(2)16/h6-7H,3-5H2,1-2H3,(H,13,15). The Morgan fingerprint density at radius 2 is 2.24 bits per heavy atom. The number of pyridine rings is 1. The van der Waals surface area contributed by atoms with Gasteiger partial charge in [0, 0.05) is 40.6 Å². The van der Waals surface area contributed by atoms with Crippen LogP contribution in [0.2, 0.25) is 5.15 Å². The average molecular weight is 275 g/mol. The molecular formula is C11H15ClN2O2S. The van der Waals surface area contributed by atoms with Gasteiger partial charge in [0.25, 0.3) is 5.91 Å². The van der Waals surface area contributed by atoms with Crippen molar-refractivity contribution in [2.45, 2.75) is 13.3 Å². The van der Waals surface area contributed by atoms with Crippen molar-refractivity contribution in [3.8, 4) is 0 Å². The van der Waals surface area contributed by atoms with Gasteiger partial charge < -0.3 is 5.32 Å². The number of carbonyl (C=O) groups excluding carboxylic acids is 1. The van der Waals surface area contributed by atoms with E-state index < -0.39 is 10.8 Å². The number of aromatic nitrogens is 1. The van der Waals surface area contributed by atoms with E-state index >= 15 is 0 Å². The number of aryl methyl sites for hydroxylation is 1. The van der Waals surface area contributed by atoms with Gasteiger partial charge in [-0.05, 0) is 25.5 Å². The predicted molar refractivity (Wildman–Crippen MR) is 69.9 cm³/mol. The lowest BCUT2D eigenvalue weighted by atomic mass is 10.2. The van der Waals surface area contributed by atoms with Crippen molar-refractivity contribution in [2.75, 3.05) is 18.6 Å². The summed E-state index contributed by atoms with van der Waals surface area (Å²) in [7, 11) is -0.815. The van der Waals surface area contributed by atoms with Crippen LogP contribution >= 0.6 is 11.6 Å². The Morgan fingerprint density at radius 3 is 2.82 bits per heavy atom.